The first-order chi connectivity index (χ1) is 9.15. The van der Waals surface area contributed by atoms with Crippen molar-refractivity contribution in [3.63, 3.8) is 0 Å². The van der Waals surface area contributed by atoms with Gasteiger partial charge in [0.15, 0.2) is 10.7 Å². The molecule has 0 atom stereocenters. The third-order valence-corrected chi connectivity index (χ3v) is 4.02. The zero-order valence-electron chi connectivity index (χ0n) is 10.8. The van der Waals surface area contributed by atoms with Gasteiger partial charge in [-0.1, -0.05) is 12.8 Å². The van der Waals surface area contributed by atoms with Gasteiger partial charge in [-0.3, -0.25) is 4.79 Å². The SMILES string of the molecule is CSCCCCCCNC(=O)c1nc(C(=O)O)cs1. The van der Waals surface area contributed by atoms with E-state index in [4.69, 9.17) is 5.11 Å². The Bertz CT molecular complexity index is 421. The van der Waals surface area contributed by atoms with Gasteiger partial charge in [-0.25, -0.2) is 9.78 Å². The van der Waals surface area contributed by atoms with Crippen LogP contribution in [-0.4, -0.2) is 40.5 Å². The van der Waals surface area contributed by atoms with Gasteiger partial charge in [0.05, 0.1) is 0 Å². The summed E-state index contributed by atoms with van der Waals surface area (Å²) in [6, 6.07) is 0. The number of rotatable bonds is 9. The predicted octanol–water partition coefficient (Wildman–Crippen LogP) is 2.49. The van der Waals surface area contributed by atoms with Crippen LogP contribution in [0.5, 0.6) is 0 Å². The van der Waals surface area contributed by atoms with Crippen molar-refractivity contribution in [1.29, 1.82) is 0 Å². The Balaban J connectivity index is 2.18. The maximum absolute atomic E-state index is 11.7. The average molecular weight is 302 g/mol. The van der Waals surface area contributed by atoms with E-state index in [1.807, 2.05) is 11.8 Å². The maximum Gasteiger partial charge on any atom is 0.355 e. The van der Waals surface area contributed by atoms with E-state index >= 15 is 0 Å². The molecule has 19 heavy (non-hydrogen) atoms. The van der Waals surface area contributed by atoms with Crippen LogP contribution in [0.15, 0.2) is 5.38 Å². The summed E-state index contributed by atoms with van der Waals surface area (Å²) < 4.78 is 0. The van der Waals surface area contributed by atoms with E-state index in [0.717, 1.165) is 24.2 Å². The Labute approximate surface area is 120 Å². The molecule has 0 saturated carbocycles. The zero-order chi connectivity index (χ0) is 14.1. The van der Waals surface area contributed by atoms with Gasteiger partial charge in [0.2, 0.25) is 0 Å². The third-order valence-electron chi connectivity index (χ3n) is 2.48. The van der Waals surface area contributed by atoms with E-state index in [9.17, 15) is 9.59 Å². The van der Waals surface area contributed by atoms with Crippen molar-refractivity contribution in [3.8, 4) is 0 Å². The molecular formula is C12H18N2O3S2. The highest BCUT2D eigenvalue weighted by Gasteiger charge is 2.13. The van der Waals surface area contributed by atoms with E-state index in [-0.39, 0.29) is 16.6 Å². The minimum absolute atomic E-state index is 0.0767. The van der Waals surface area contributed by atoms with E-state index in [0.29, 0.717) is 6.54 Å². The van der Waals surface area contributed by atoms with Crippen LogP contribution in [0.2, 0.25) is 0 Å². The normalized spacial score (nSPS) is 10.4. The summed E-state index contributed by atoms with van der Waals surface area (Å²) in [4.78, 5) is 26.0. The molecule has 1 amide bonds. The van der Waals surface area contributed by atoms with Gasteiger partial charge in [-0.05, 0) is 24.9 Å². The van der Waals surface area contributed by atoms with Crippen LogP contribution in [0.3, 0.4) is 0 Å². The number of carbonyl (C=O) groups excluding carboxylic acids is 1. The van der Waals surface area contributed by atoms with Crippen molar-refractivity contribution in [2.75, 3.05) is 18.6 Å². The van der Waals surface area contributed by atoms with Crippen molar-refractivity contribution in [3.05, 3.63) is 16.1 Å². The number of hydrogen-bond donors (Lipinski definition) is 2. The lowest BCUT2D eigenvalue weighted by molar-refractivity contribution is 0.0691. The first kappa shape index (κ1) is 16.0. The fourth-order valence-electron chi connectivity index (χ4n) is 1.48. The fourth-order valence-corrected chi connectivity index (χ4v) is 2.68. The molecule has 0 aliphatic heterocycles. The molecule has 2 N–H and O–H groups in total. The largest absolute Gasteiger partial charge is 0.476 e. The van der Waals surface area contributed by atoms with Gasteiger partial charge >= 0.3 is 5.97 Å². The van der Waals surface area contributed by atoms with Crippen molar-refractivity contribution in [2.45, 2.75) is 25.7 Å². The number of aromatic carboxylic acids is 1. The summed E-state index contributed by atoms with van der Waals surface area (Å²) in [6.45, 7) is 0.611. The molecule has 0 radical (unpaired) electrons. The first-order valence-corrected chi connectivity index (χ1v) is 8.38. The number of carbonyl (C=O) groups is 2. The quantitative estimate of drug-likeness (QED) is 0.685. The van der Waals surface area contributed by atoms with Crippen LogP contribution in [-0.2, 0) is 0 Å². The molecule has 0 unspecified atom stereocenters. The summed E-state index contributed by atoms with van der Waals surface area (Å²) in [5.41, 5.74) is -0.0767. The Hall–Kier alpha value is -1.08. The summed E-state index contributed by atoms with van der Waals surface area (Å²) in [5.74, 6) is -0.214. The van der Waals surface area contributed by atoms with Crippen LogP contribution < -0.4 is 5.32 Å². The van der Waals surface area contributed by atoms with E-state index in [1.165, 1.54) is 24.0 Å². The molecule has 1 heterocycles. The van der Waals surface area contributed by atoms with Crippen molar-refractivity contribution >= 4 is 35.0 Å². The Morgan fingerprint density at radius 2 is 2.11 bits per heavy atom. The van der Waals surface area contributed by atoms with Gasteiger partial charge in [-0.15, -0.1) is 11.3 Å². The molecule has 0 aromatic carbocycles. The second kappa shape index (κ2) is 8.92. The number of carboxylic acid groups (broad SMARTS) is 1. The Kier molecular flexibility index (Phi) is 7.50. The van der Waals surface area contributed by atoms with Crippen molar-refractivity contribution in [1.82, 2.24) is 10.3 Å². The molecule has 1 aromatic rings. The van der Waals surface area contributed by atoms with Gasteiger partial charge in [0.25, 0.3) is 5.91 Å². The van der Waals surface area contributed by atoms with Gasteiger partial charge in [0, 0.05) is 11.9 Å². The smallest absolute Gasteiger partial charge is 0.355 e. The molecule has 0 bridgehead atoms. The Morgan fingerprint density at radius 3 is 2.74 bits per heavy atom. The number of nitrogens with one attached hydrogen (secondary N) is 1. The Morgan fingerprint density at radius 1 is 1.37 bits per heavy atom. The molecule has 5 nitrogen and oxygen atoms in total. The summed E-state index contributed by atoms with van der Waals surface area (Å²) in [6.07, 6.45) is 6.52. The summed E-state index contributed by atoms with van der Waals surface area (Å²) in [7, 11) is 0. The molecule has 0 spiro atoms. The highest BCUT2D eigenvalue weighted by atomic mass is 32.2. The number of hydrogen-bond acceptors (Lipinski definition) is 5. The van der Waals surface area contributed by atoms with Crippen LogP contribution in [0.1, 0.15) is 46.0 Å². The second-order valence-corrected chi connectivity index (χ2v) is 5.85. The van der Waals surface area contributed by atoms with E-state index < -0.39 is 5.97 Å². The van der Waals surface area contributed by atoms with Gasteiger partial charge < -0.3 is 10.4 Å². The third kappa shape index (κ3) is 6.07. The number of carboxylic acids is 1. The lowest BCUT2D eigenvalue weighted by Gasteiger charge is -2.02. The number of unbranched alkanes of at least 4 members (excludes halogenated alkanes) is 3. The molecule has 0 fully saturated rings. The second-order valence-electron chi connectivity index (χ2n) is 4.01. The predicted molar refractivity (Wildman–Crippen MR) is 78.3 cm³/mol. The molecule has 0 saturated heterocycles. The fraction of sp³-hybridized carbons (Fsp3) is 0.583. The first-order valence-electron chi connectivity index (χ1n) is 6.11. The average Bonchev–Trinajstić information content (AvgIpc) is 2.87. The van der Waals surface area contributed by atoms with Crippen LogP contribution in [0.4, 0.5) is 0 Å². The highest BCUT2D eigenvalue weighted by Crippen LogP contribution is 2.09. The molecule has 0 aliphatic rings. The molecule has 1 aromatic heterocycles. The summed E-state index contributed by atoms with van der Waals surface area (Å²) in [5, 5.41) is 13.0. The number of amides is 1. The maximum atomic E-state index is 11.7. The zero-order valence-corrected chi connectivity index (χ0v) is 12.5. The van der Waals surface area contributed by atoms with Crippen molar-refractivity contribution in [2.24, 2.45) is 0 Å². The minimum Gasteiger partial charge on any atom is -0.476 e. The van der Waals surface area contributed by atoms with Gasteiger partial charge in [-0.2, -0.15) is 11.8 Å². The molecule has 1 rings (SSSR count). The topological polar surface area (TPSA) is 79.3 Å². The number of nitrogens with zero attached hydrogens (tertiary/aromatic N) is 1. The van der Waals surface area contributed by atoms with Gasteiger partial charge in [0.1, 0.15) is 0 Å². The van der Waals surface area contributed by atoms with Crippen molar-refractivity contribution < 1.29 is 14.7 Å². The van der Waals surface area contributed by atoms with E-state index in [2.05, 4.69) is 16.6 Å². The lowest BCUT2D eigenvalue weighted by Crippen LogP contribution is -2.24. The highest BCUT2D eigenvalue weighted by molar-refractivity contribution is 7.98. The van der Waals surface area contributed by atoms with E-state index in [1.54, 1.807) is 0 Å². The standard InChI is InChI=1S/C12H18N2O3S2/c1-18-7-5-3-2-4-6-13-10(15)11-14-9(8-19-11)12(16)17/h8H,2-7H2,1H3,(H,13,15)(H,16,17). The van der Waals surface area contributed by atoms with Crippen LogP contribution in [0, 0.1) is 0 Å². The monoisotopic (exact) mass is 302 g/mol. The lowest BCUT2D eigenvalue weighted by atomic mass is 10.2. The molecule has 0 aliphatic carbocycles. The molecular weight excluding hydrogens is 284 g/mol. The minimum atomic E-state index is -1.11. The van der Waals surface area contributed by atoms with Crippen LogP contribution >= 0.6 is 23.1 Å². The summed E-state index contributed by atoms with van der Waals surface area (Å²) >= 11 is 2.90. The molecule has 106 valence electrons. The number of thioether (sulfide) groups is 1. The molecule has 7 heteroatoms. The van der Waals surface area contributed by atoms with Crippen LogP contribution in [0.25, 0.3) is 0 Å². The number of aromatic nitrogens is 1. The number of thiazole rings is 1.